The highest BCUT2D eigenvalue weighted by atomic mass is 79.9. The van der Waals surface area contributed by atoms with Crippen molar-refractivity contribution in [2.75, 3.05) is 13.1 Å². The minimum Gasteiger partial charge on any atom is -0.441 e. The average Bonchev–Trinajstić information content (AvgIpc) is 3.00. The summed E-state index contributed by atoms with van der Waals surface area (Å²) in [5, 5.41) is 6.16. The van der Waals surface area contributed by atoms with E-state index >= 15 is 0 Å². The minimum absolute atomic E-state index is 0. The zero-order valence-electron chi connectivity index (χ0n) is 14.3. The van der Waals surface area contributed by atoms with Gasteiger partial charge in [-0.25, -0.2) is 4.98 Å². The van der Waals surface area contributed by atoms with Crippen molar-refractivity contribution < 1.29 is 9.21 Å². The van der Waals surface area contributed by atoms with Crippen molar-refractivity contribution in [3.63, 3.8) is 0 Å². The molecule has 0 aliphatic heterocycles. The monoisotopic (exact) mass is 451 g/mol. The fraction of sp³-hybridized carbons (Fsp3) is 0.412. The maximum atomic E-state index is 11.8. The van der Waals surface area contributed by atoms with Gasteiger partial charge in [-0.1, -0.05) is 41.1 Å². The van der Waals surface area contributed by atoms with Crippen LogP contribution in [0.2, 0.25) is 0 Å². The third-order valence-corrected chi connectivity index (χ3v) is 4.11. The maximum absolute atomic E-state index is 11.8. The molecule has 25 heavy (non-hydrogen) atoms. The van der Waals surface area contributed by atoms with Crippen LogP contribution in [0.4, 0.5) is 0 Å². The minimum atomic E-state index is 0. The molecule has 2 aromatic rings. The van der Waals surface area contributed by atoms with Crippen molar-refractivity contribution in [2.24, 2.45) is 0 Å². The molecule has 0 saturated carbocycles. The maximum Gasteiger partial charge on any atom is 0.220 e. The highest BCUT2D eigenvalue weighted by molar-refractivity contribution is 9.10. The van der Waals surface area contributed by atoms with Gasteiger partial charge in [-0.3, -0.25) is 4.79 Å². The van der Waals surface area contributed by atoms with Gasteiger partial charge in [-0.2, -0.15) is 0 Å². The van der Waals surface area contributed by atoms with E-state index in [-0.39, 0.29) is 36.8 Å². The van der Waals surface area contributed by atoms with E-state index in [0.29, 0.717) is 31.0 Å². The lowest BCUT2D eigenvalue weighted by Gasteiger charge is -2.12. The number of aryl methyl sites for hydroxylation is 1. The summed E-state index contributed by atoms with van der Waals surface area (Å²) in [7, 11) is 0. The Morgan fingerprint density at radius 1 is 1.32 bits per heavy atom. The van der Waals surface area contributed by atoms with Gasteiger partial charge in [-0.05, 0) is 19.5 Å². The van der Waals surface area contributed by atoms with Crippen LogP contribution in [0.3, 0.4) is 0 Å². The first-order valence-electron chi connectivity index (χ1n) is 7.79. The van der Waals surface area contributed by atoms with Crippen molar-refractivity contribution in [3.05, 3.63) is 40.8 Å². The summed E-state index contributed by atoms with van der Waals surface area (Å²) in [6, 6.07) is 8.08. The molecule has 0 unspecified atom stereocenters. The molecule has 0 fully saturated rings. The lowest BCUT2D eigenvalue weighted by molar-refractivity contribution is -0.121. The number of rotatable bonds is 8. The number of oxazole rings is 1. The molecule has 2 N–H and O–H groups in total. The molecule has 8 heteroatoms. The Kier molecular flexibility index (Phi) is 11.8. The van der Waals surface area contributed by atoms with E-state index in [2.05, 4.69) is 31.5 Å². The highest BCUT2D eigenvalue weighted by Gasteiger charge is 2.11. The molecule has 0 radical (unpaired) electrons. The van der Waals surface area contributed by atoms with Crippen molar-refractivity contribution in [2.45, 2.75) is 32.7 Å². The standard InChI is InChI=1S/C17H22BrN3O2.2ClH/c1-3-19-12(2)10-20-16(22)8-9-17-21-11-15(23-17)13-6-4-5-7-14(13)18;;/h4-7,11-12,19H,3,8-10H2,1-2H3,(H,20,22);2*1H/t12-;;/m1../s1. The van der Waals surface area contributed by atoms with Gasteiger partial charge in [0.1, 0.15) is 0 Å². The van der Waals surface area contributed by atoms with Crippen LogP contribution in [0, 0.1) is 0 Å². The zero-order valence-corrected chi connectivity index (χ0v) is 17.5. The molecule has 1 atom stereocenters. The summed E-state index contributed by atoms with van der Waals surface area (Å²) in [6.45, 7) is 5.61. The number of hydrogen-bond donors (Lipinski definition) is 2. The van der Waals surface area contributed by atoms with Gasteiger partial charge in [-0.15, -0.1) is 24.8 Å². The van der Waals surface area contributed by atoms with Crippen molar-refractivity contribution in [1.82, 2.24) is 15.6 Å². The molecular weight excluding hydrogens is 429 g/mol. The zero-order chi connectivity index (χ0) is 16.7. The average molecular weight is 453 g/mol. The fourth-order valence-electron chi connectivity index (χ4n) is 2.21. The lowest BCUT2D eigenvalue weighted by Crippen LogP contribution is -2.38. The van der Waals surface area contributed by atoms with E-state index in [4.69, 9.17) is 4.42 Å². The number of halogens is 3. The Bertz CT molecular complexity index is 652. The molecule has 1 amide bonds. The molecule has 0 bridgehead atoms. The van der Waals surface area contributed by atoms with Crippen LogP contribution in [0.5, 0.6) is 0 Å². The van der Waals surface area contributed by atoms with Crippen LogP contribution in [0.15, 0.2) is 39.4 Å². The van der Waals surface area contributed by atoms with Gasteiger partial charge in [0.25, 0.3) is 0 Å². The molecule has 140 valence electrons. The second-order valence-corrected chi connectivity index (χ2v) is 6.22. The van der Waals surface area contributed by atoms with E-state index in [1.807, 2.05) is 38.1 Å². The molecule has 1 aromatic carbocycles. The summed E-state index contributed by atoms with van der Waals surface area (Å²) in [5.41, 5.74) is 0.954. The van der Waals surface area contributed by atoms with E-state index < -0.39 is 0 Å². The van der Waals surface area contributed by atoms with E-state index in [0.717, 1.165) is 16.6 Å². The number of likely N-dealkylation sites (N-methyl/N-ethyl adjacent to an activating group) is 1. The van der Waals surface area contributed by atoms with Crippen molar-refractivity contribution >= 4 is 46.7 Å². The van der Waals surface area contributed by atoms with E-state index in [1.54, 1.807) is 6.20 Å². The third-order valence-electron chi connectivity index (χ3n) is 3.42. The second-order valence-electron chi connectivity index (χ2n) is 5.36. The summed E-state index contributed by atoms with van der Waals surface area (Å²) < 4.78 is 6.69. The van der Waals surface area contributed by atoms with Gasteiger partial charge in [0.2, 0.25) is 5.91 Å². The molecule has 1 aromatic heterocycles. The van der Waals surface area contributed by atoms with Crippen LogP contribution in [0.25, 0.3) is 11.3 Å². The Morgan fingerprint density at radius 2 is 2.04 bits per heavy atom. The molecular formula is C17H24BrCl2N3O2. The van der Waals surface area contributed by atoms with E-state index in [1.165, 1.54) is 0 Å². The number of amides is 1. The number of benzene rings is 1. The van der Waals surface area contributed by atoms with Crippen molar-refractivity contribution in [3.8, 4) is 11.3 Å². The first kappa shape index (κ1) is 23.9. The largest absolute Gasteiger partial charge is 0.441 e. The number of hydrogen-bond acceptors (Lipinski definition) is 4. The lowest BCUT2D eigenvalue weighted by atomic mass is 10.2. The molecule has 0 aliphatic rings. The number of nitrogens with one attached hydrogen (secondary N) is 2. The van der Waals surface area contributed by atoms with Gasteiger partial charge >= 0.3 is 0 Å². The first-order chi connectivity index (χ1) is 11.1. The second kappa shape index (κ2) is 12.3. The van der Waals surface area contributed by atoms with Gasteiger partial charge in [0, 0.05) is 35.5 Å². The van der Waals surface area contributed by atoms with Crippen molar-refractivity contribution in [1.29, 1.82) is 0 Å². The summed E-state index contributed by atoms with van der Waals surface area (Å²) >= 11 is 3.49. The smallest absolute Gasteiger partial charge is 0.220 e. The predicted octanol–water partition coefficient (Wildman–Crippen LogP) is 3.99. The van der Waals surface area contributed by atoms with Gasteiger partial charge in [0.05, 0.1) is 6.20 Å². The SMILES string of the molecule is CCN[C@H](C)CNC(=O)CCc1ncc(-c2ccccc2Br)o1.Cl.Cl. The van der Waals surface area contributed by atoms with Crippen LogP contribution in [-0.4, -0.2) is 30.0 Å². The van der Waals surface area contributed by atoms with Crippen LogP contribution < -0.4 is 10.6 Å². The Balaban J connectivity index is 0.00000288. The van der Waals surface area contributed by atoms with Crippen LogP contribution in [-0.2, 0) is 11.2 Å². The van der Waals surface area contributed by atoms with Crippen LogP contribution >= 0.6 is 40.7 Å². The summed E-state index contributed by atoms with van der Waals surface area (Å²) in [5.74, 6) is 1.29. The molecule has 5 nitrogen and oxygen atoms in total. The fourth-order valence-corrected chi connectivity index (χ4v) is 2.69. The molecule has 2 rings (SSSR count). The highest BCUT2D eigenvalue weighted by Crippen LogP contribution is 2.28. The molecule has 0 aliphatic carbocycles. The molecule has 1 heterocycles. The number of carbonyl (C=O) groups excluding carboxylic acids is 1. The quantitative estimate of drug-likeness (QED) is 0.635. The topological polar surface area (TPSA) is 67.2 Å². The predicted molar refractivity (Wildman–Crippen MR) is 109 cm³/mol. The van der Waals surface area contributed by atoms with Crippen LogP contribution in [0.1, 0.15) is 26.2 Å². The first-order valence-corrected chi connectivity index (χ1v) is 8.59. The molecule has 0 saturated heterocycles. The third kappa shape index (κ3) is 7.77. The Hall–Kier alpha value is -1.08. The molecule has 0 spiro atoms. The number of nitrogens with zero attached hydrogens (tertiary/aromatic N) is 1. The normalized spacial score (nSPS) is 11.2. The number of aromatic nitrogens is 1. The summed E-state index contributed by atoms with van der Waals surface area (Å²) in [6.07, 6.45) is 2.56. The van der Waals surface area contributed by atoms with Gasteiger partial charge in [0.15, 0.2) is 11.7 Å². The number of carbonyl (C=O) groups is 1. The Morgan fingerprint density at radius 3 is 2.72 bits per heavy atom. The van der Waals surface area contributed by atoms with Gasteiger partial charge < -0.3 is 15.1 Å². The summed E-state index contributed by atoms with van der Waals surface area (Å²) in [4.78, 5) is 16.1. The van der Waals surface area contributed by atoms with E-state index in [9.17, 15) is 4.79 Å². The Labute approximate surface area is 169 Å².